The molecule has 41 heavy (non-hydrogen) atoms. The zero-order valence-corrected chi connectivity index (χ0v) is 22.8. The summed E-state index contributed by atoms with van der Waals surface area (Å²) in [4.78, 5) is 9.23. The van der Waals surface area contributed by atoms with Gasteiger partial charge >= 0.3 is 6.18 Å². The van der Waals surface area contributed by atoms with Crippen molar-refractivity contribution in [2.24, 2.45) is 0 Å². The Kier molecular flexibility index (Phi) is 6.83. The number of pyridine rings is 1. The van der Waals surface area contributed by atoms with Gasteiger partial charge < -0.3 is 29.1 Å². The minimum Gasteiger partial charge on any atom is -0.378 e. The summed E-state index contributed by atoms with van der Waals surface area (Å²) in [6, 6.07) is 3.71. The second-order valence-corrected chi connectivity index (χ2v) is 11.4. The number of aliphatic hydroxyl groups is 1. The van der Waals surface area contributed by atoms with Crippen LogP contribution in [0.3, 0.4) is 0 Å². The average molecular weight is 578 g/mol. The number of halogens is 3. The van der Waals surface area contributed by atoms with E-state index in [2.05, 4.69) is 15.1 Å². The molecule has 7 heterocycles. The van der Waals surface area contributed by atoms with Gasteiger partial charge in [0.05, 0.1) is 49.6 Å². The van der Waals surface area contributed by atoms with Gasteiger partial charge in [0.25, 0.3) is 0 Å². The van der Waals surface area contributed by atoms with E-state index in [-0.39, 0.29) is 35.4 Å². The Morgan fingerprint density at radius 2 is 1.80 bits per heavy atom. The van der Waals surface area contributed by atoms with E-state index >= 15 is 0 Å². The van der Waals surface area contributed by atoms with E-state index in [4.69, 9.17) is 19.2 Å². The molecule has 0 aliphatic carbocycles. The molecule has 4 saturated heterocycles. The number of rotatable bonds is 5. The van der Waals surface area contributed by atoms with Gasteiger partial charge in [0.2, 0.25) is 0 Å². The number of anilines is 2. The number of aliphatic hydroxyl groups excluding tert-OH is 1. The van der Waals surface area contributed by atoms with Gasteiger partial charge in [0, 0.05) is 37.5 Å². The number of alkyl halides is 3. The summed E-state index contributed by atoms with van der Waals surface area (Å²) in [6.45, 7) is 5.09. The zero-order chi connectivity index (χ0) is 28.3. The van der Waals surface area contributed by atoms with E-state index in [1.54, 1.807) is 16.9 Å². The van der Waals surface area contributed by atoms with E-state index in [0.717, 1.165) is 32.1 Å². The summed E-state index contributed by atoms with van der Waals surface area (Å²) in [6.07, 6.45) is -1.54. The van der Waals surface area contributed by atoms with Crippen LogP contribution in [0.1, 0.15) is 57.1 Å². The molecule has 0 spiro atoms. The van der Waals surface area contributed by atoms with Crippen molar-refractivity contribution >= 4 is 22.5 Å². The Morgan fingerprint density at radius 3 is 2.51 bits per heavy atom. The van der Waals surface area contributed by atoms with Crippen LogP contribution >= 0.6 is 0 Å². The lowest BCUT2D eigenvalue weighted by Crippen LogP contribution is -2.47. The van der Waals surface area contributed by atoms with Gasteiger partial charge in [0.1, 0.15) is 17.7 Å². The van der Waals surface area contributed by atoms with Crippen molar-refractivity contribution in [3.05, 3.63) is 24.0 Å². The summed E-state index contributed by atoms with van der Waals surface area (Å²) in [5, 5.41) is 19.8. The first kappa shape index (κ1) is 26.9. The molecule has 11 nitrogen and oxygen atoms in total. The van der Waals surface area contributed by atoms with E-state index in [1.807, 2.05) is 17.9 Å². The van der Waals surface area contributed by atoms with Crippen LogP contribution in [0, 0.1) is 0 Å². The molecule has 14 heteroatoms. The highest BCUT2D eigenvalue weighted by Crippen LogP contribution is 2.43. The molecule has 0 aromatic carbocycles. The standard InChI is InChI=1S/C27H34F3N7O4/c1-16-13-39-11-9-34(16)19-12-21(36-17-5-6-18(36)15-40-14-17)31-26-23(19)24(25(38)27(28,29)30)33-37(26)20-7-8-35(32-20)22-4-2-3-10-41-22/h7-8,12,16-18,22,25,38H,2-6,9-11,13-15H2,1H3/t16-,17?,18?,22?,25?/m1/s1. The topological polar surface area (TPSA) is 103 Å². The van der Waals surface area contributed by atoms with Crippen molar-refractivity contribution in [3.8, 4) is 5.82 Å². The van der Waals surface area contributed by atoms with Crippen LogP contribution in [0.5, 0.6) is 0 Å². The van der Waals surface area contributed by atoms with E-state index in [0.29, 0.717) is 56.9 Å². The van der Waals surface area contributed by atoms with Crippen LogP contribution in [0.4, 0.5) is 24.7 Å². The molecule has 4 aliphatic heterocycles. The van der Waals surface area contributed by atoms with E-state index in [1.165, 1.54) is 4.68 Å². The maximum atomic E-state index is 14.0. The zero-order valence-electron chi connectivity index (χ0n) is 22.8. The third-order valence-corrected chi connectivity index (χ3v) is 8.64. The van der Waals surface area contributed by atoms with E-state index in [9.17, 15) is 18.3 Å². The molecule has 2 bridgehead atoms. The summed E-state index contributed by atoms with van der Waals surface area (Å²) in [7, 11) is 0. The lowest BCUT2D eigenvalue weighted by atomic mass is 10.1. The van der Waals surface area contributed by atoms with Gasteiger partial charge in [-0.2, -0.15) is 28.1 Å². The van der Waals surface area contributed by atoms with Crippen LogP contribution in [0.2, 0.25) is 0 Å². The summed E-state index contributed by atoms with van der Waals surface area (Å²) < 4.78 is 62.4. The molecule has 5 atom stereocenters. The smallest absolute Gasteiger partial charge is 0.378 e. The predicted molar refractivity (Wildman–Crippen MR) is 142 cm³/mol. The molecule has 1 N–H and O–H groups in total. The molecule has 4 fully saturated rings. The molecule has 0 radical (unpaired) electrons. The monoisotopic (exact) mass is 577 g/mol. The van der Waals surface area contributed by atoms with Crippen molar-refractivity contribution in [1.82, 2.24) is 24.5 Å². The predicted octanol–water partition coefficient (Wildman–Crippen LogP) is 3.50. The first-order valence-electron chi connectivity index (χ1n) is 14.4. The highest BCUT2D eigenvalue weighted by molar-refractivity contribution is 5.95. The SMILES string of the molecule is C[C@@H]1COCCN1c1cc(N2C3CCC2COC3)nc2c1c(C(O)C(F)(F)F)nn2-c1ccn(C2CCCCO2)n1. The molecule has 4 aliphatic rings. The second kappa shape index (κ2) is 10.4. The number of morpholine rings is 2. The molecule has 3 aromatic rings. The van der Waals surface area contributed by atoms with Gasteiger partial charge in [0.15, 0.2) is 17.6 Å². The molecular weight excluding hydrogens is 543 g/mol. The minimum atomic E-state index is -4.92. The molecule has 4 unspecified atom stereocenters. The van der Waals surface area contributed by atoms with Crippen molar-refractivity contribution in [3.63, 3.8) is 0 Å². The van der Waals surface area contributed by atoms with Crippen molar-refractivity contribution in [1.29, 1.82) is 0 Å². The van der Waals surface area contributed by atoms with Gasteiger partial charge in [-0.05, 0) is 39.0 Å². The Labute approximate surface area is 234 Å². The fraction of sp³-hybridized carbons (Fsp3) is 0.667. The summed E-state index contributed by atoms with van der Waals surface area (Å²) in [5.41, 5.74) is 0.273. The number of hydrogen-bond acceptors (Lipinski definition) is 9. The maximum absolute atomic E-state index is 14.0. The number of ether oxygens (including phenoxy) is 3. The molecule has 222 valence electrons. The first-order chi connectivity index (χ1) is 19.8. The Morgan fingerprint density at radius 1 is 1.00 bits per heavy atom. The van der Waals surface area contributed by atoms with Gasteiger partial charge in [-0.3, -0.25) is 0 Å². The van der Waals surface area contributed by atoms with Crippen LogP contribution in [0.25, 0.3) is 16.9 Å². The summed E-state index contributed by atoms with van der Waals surface area (Å²) >= 11 is 0. The third kappa shape index (κ3) is 4.74. The van der Waals surface area contributed by atoms with Crippen molar-refractivity contribution in [2.75, 3.05) is 49.4 Å². The third-order valence-electron chi connectivity index (χ3n) is 8.64. The lowest BCUT2D eigenvalue weighted by molar-refractivity contribution is -0.207. The maximum Gasteiger partial charge on any atom is 0.420 e. The quantitative estimate of drug-likeness (QED) is 0.488. The Balaban J connectivity index is 1.44. The number of fused-ring (bicyclic) bond motifs is 3. The summed E-state index contributed by atoms with van der Waals surface area (Å²) in [5.74, 6) is 0.964. The molecular formula is C27H34F3N7O4. The number of aromatic nitrogens is 5. The normalized spacial score (nSPS) is 28.0. The average Bonchev–Trinajstić information content (AvgIpc) is 3.66. The number of nitrogens with zero attached hydrogens (tertiary/aromatic N) is 7. The van der Waals surface area contributed by atoms with Gasteiger partial charge in [-0.25, -0.2) is 9.67 Å². The minimum absolute atomic E-state index is 0.106. The van der Waals surface area contributed by atoms with Crippen molar-refractivity contribution in [2.45, 2.75) is 75.7 Å². The molecule has 7 rings (SSSR count). The van der Waals surface area contributed by atoms with Crippen LogP contribution in [0.15, 0.2) is 18.3 Å². The van der Waals surface area contributed by atoms with Gasteiger partial charge in [-0.1, -0.05) is 0 Å². The highest BCUT2D eigenvalue weighted by Gasteiger charge is 2.45. The molecule has 3 aromatic heterocycles. The molecule has 0 saturated carbocycles. The largest absolute Gasteiger partial charge is 0.420 e. The fourth-order valence-corrected chi connectivity index (χ4v) is 6.60. The molecule has 0 amide bonds. The van der Waals surface area contributed by atoms with Crippen LogP contribution in [-0.4, -0.2) is 93.5 Å². The van der Waals surface area contributed by atoms with Crippen LogP contribution in [-0.2, 0) is 14.2 Å². The van der Waals surface area contributed by atoms with E-state index < -0.39 is 18.0 Å². The Bertz CT molecular complexity index is 1390. The Hall–Kier alpha value is -2.94. The lowest BCUT2D eigenvalue weighted by Gasteiger charge is -2.38. The second-order valence-electron chi connectivity index (χ2n) is 11.4. The van der Waals surface area contributed by atoms with Crippen LogP contribution < -0.4 is 9.80 Å². The first-order valence-corrected chi connectivity index (χ1v) is 14.4. The number of hydrogen-bond donors (Lipinski definition) is 1. The highest BCUT2D eigenvalue weighted by atomic mass is 19.4. The van der Waals surface area contributed by atoms with Gasteiger partial charge in [-0.15, -0.1) is 0 Å². The van der Waals surface area contributed by atoms with Crippen molar-refractivity contribution < 1.29 is 32.5 Å². The fourth-order valence-electron chi connectivity index (χ4n) is 6.60.